The number of carbonyl (C=O) groups is 3. The maximum absolute atomic E-state index is 12.4. The van der Waals surface area contributed by atoms with Gasteiger partial charge in [-0.1, -0.05) is 123 Å². The first kappa shape index (κ1) is 41.5. The summed E-state index contributed by atoms with van der Waals surface area (Å²) in [6, 6.07) is -1.51. The first-order valence-electron chi connectivity index (χ1n) is 16.6. The fourth-order valence-corrected chi connectivity index (χ4v) is 5.19. The van der Waals surface area contributed by atoms with Crippen LogP contribution in [0.2, 0.25) is 0 Å². The molecule has 0 amide bonds. The number of nitrogens with two attached hydrogens (primary N) is 1. The van der Waals surface area contributed by atoms with Crippen molar-refractivity contribution in [1.29, 1.82) is 0 Å². The lowest BCUT2D eigenvalue weighted by Gasteiger charge is -2.20. The van der Waals surface area contributed by atoms with Crippen molar-refractivity contribution in [2.75, 3.05) is 19.8 Å². The van der Waals surface area contributed by atoms with Crippen LogP contribution in [0.3, 0.4) is 0 Å². The van der Waals surface area contributed by atoms with Gasteiger partial charge in [-0.25, -0.2) is 4.57 Å². The second-order valence-electron chi connectivity index (χ2n) is 11.3. The number of phosphoric ester groups is 1. The quantitative estimate of drug-likeness (QED) is 0.0398. The number of unbranched alkanes of at least 4 members (excludes halogenated alkanes) is 17. The lowest BCUT2D eigenvalue weighted by Crippen LogP contribution is -2.34. The molecule has 254 valence electrons. The molecule has 0 aliphatic heterocycles. The highest BCUT2D eigenvalue weighted by atomic mass is 31.2. The normalized spacial score (nSPS) is 14.1. The summed E-state index contributed by atoms with van der Waals surface area (Å²) >= 11 is 0. The number of hydrogen-bond acceptors (Lipinski definition) is 9. The second kappa shape index (κ2) is 28.0. The van der Waals surface area contributed by atoms with E-state index in [2.05, 4.69) is 18.4 Å². The van der Waals surface area contributed by atoms with Crippen LogP contribution in [0.5, 0.6) is 0 Å². The molecule has 0 aromatic carbocycles. The topological polar surface area (TPSA) is 172 Å². The van der Waals surface area contributed by atoms with Crippen molar-refractivity contribution in [3.05, 3.63) is 0 Å². The minimum Gasteiger partial charge on any atom is -0.480 e. The summed E-state index contributed by atoms with van der Waals surface area (Å²) in [5.41, 5.74) is 5.29. The molecule has 0 saturated carbocycles. The van der Waals surface area contributed by atoms with E-state index in [9.17, 15) is 23.8 Å². The highest BCUT2D eigenvalue weighted by Gasteiger charge is 2.28. The SMILES string of the molecule is CCCCCCCCCCCCCC(=O)OC[C@H](COP(=O)(O)OC[C@H](N)C(=O)O)OC(=O)CCCCCCCCCC. The van der Waals surface area contributed by atoms with E-state index in [1.807, 2.05) is 0 Å². The van der Waals surface area contributed by atoms with Crippen LogP contribution >= 0.6 is 7.82 Å². The van der Waals surface area contributed by atoms with Gasteiger partial charge in [0.05, 0.1) is 13.2 Å². The Morgan fingerprint density at radius 2 is 1.02 bits per heavy atom. The molecule has 0 rings (SSSR count). The maximum Gasteiger partial charge on any atom is 0.472 e. The Bertz CT molecular complexity index is 767. The van der Waals surface area contributed by atoms with Gasteiger partial charge in [0.15, 0.2) is 6.10 Å². The predicted molar refractivity (Wildman–Crippen MR) is 166 cm³/mol. The van der Waals surface area contributed by atoms with E-state index in [4.69, 9.17) is 24.8 Å². The number of esters is 2. The molecule has 43 heavy (non-hydrogen) atoms. The number of hydrogen-bond donors (Lipinski definition) is 3. The first-order valence-corrected chi connectivity index (χ1v) is 18.1. The zero-order valence-electron chi connectivity index (χ0n) is 26.8. The van der Waals surface area contributed by atoms with Gasteiger partial charge in [-0.2, -0.15) is 0 Å². The van der Waals surface area contributed by atoms with E-state index < -0.39 is 51.1 Å². The largest absolute Gasteiger partial charge is 0.480 e. The molecule has 4 N–H and O–H groups in total. The third kappa shape index (κ3) is 27.7. The molecule has 0 aliphatic carbocycles. The average molecular weight is 638 g/mol. The van der Waals surface area contributed by atoms with E-state index in [1.54, 1.807) is 0 Å². The highest BCUT2D eigenvalue weighted by Crippen LogP contribution is 2.43. The van der Waals surface area contributed by atoms with Crippen molar-refractivity contribution in [3.63, 3.8) is 0 Å². The van der Waals surface area contributed by atoms with Gasteiger partial charge in [-0.15, -0.1) is 0 Å². The standard InChI is InChI=1S/C31H60NO10P/c1-3-5-7-9-11-13-14-15-17-18-20-22-29(33)39-24-27(25-40-43(37,38)41-26-28(32)31(35)36)42-30(34)23-21-19-16-12-10-8-6-4-2/h27-28H,3-26,32H2,1-2H3,(H,35,36)(H,37,38)/t27-,28+/m1/s1. The van der Waals surface area contributed by atoms with Crippen LogP contribution in [0.15, 0.2) is 0 Å². The zero-order chi connectivity index (χ0) is 32.2. The maximum atomic E-state index is 12.4. The number of rotatable bonds is 31. The molecule has 0 aromatic heterocycles. The average Bonchev–Trinajstić information content (AvgIpc) is 2.97. The Hall–Kier alpha value is -1.52. The van der Waals surface area contributed by atoms with E-state index in [0.717, 1.165) is 38.5 Å². The van der Waals surface area contributed by atoms with E-state index in [1.165, 1.54) is 70.6 Å². The summed E-state index contributed by atoms with van der Waals surface area (Å²) in [4.78, 5) is 45.4. The van der Waals surface area contributed by atoms with Crippen LogP contribution in [-0.2, 0) is 37.5 Å². The highest BCUT2D eigenvalue weighted by molar-refractivity contribution is 7.47. The van der Waals surface area contributed by atoms with Crippen molar-refractivity contribution in [1.82, 2.24) is 0 Å². The Balaban J connectivity index is 4.49. The van der Waals surface area contributed by atoms with Crippen molar-refractivity contribution < 1.29 is 47.5 Å². The molecule has 0 fully saturated rings. The minimum atomic E-state index is -4.69. The van der Waals surface area contributed by atoms with Gasteiger partial charge < -0.3 is 25.2 Å². The van der Waals surface area contributed by atoms with Crippen LogP contribution in [-0.4, -0.2) is 59.9 Å². The molecule has 0 spiro atoms. The summed E-state index contributed by atoms with van der Waals surface area (Å²) in [7, 11) is -4.69. The number of ether oxygens (including phenoxy) is 2. The van der Waals surface area contributed by atoms with Crippen LogP contribution in [0.1, 0.15) is 149 Å². The molecule has 0 bridgehead atoms. The summed E-state index contributed by atoms with van der Waals surface area (Å²) in [5, 5.41) is 8.81. The molecular weight excluding hydrogens is 577 g/mol. The predicted octanol–water partition coefficient (Wildman–Crippen LogP) is 7.22. The van der Waals surface area contributed by atoms with E-state index in [0.29, 0.717) is 12.8 Å². The van der Waals surface area contributed by atoms with Gasteiger partial charge in [0.1, 0.15) is 12.6 Å². The molecule has 0 saturated heterocycles. The lowest BCUT2D eigenvalue weighted by molar-refractivity contribution is -0.161. The summed E-state index contributed by atoms with van der Waals surface area (Å²) < 4.78 is 32.3. The van der Waals surface area contributed by atoms with Crippen LogP contribution < -0.4 is 5.73 Å². The summed E-state index contributed by atoms with van der Waals surface area (Å²) in [6.45, 7) is 2.72. The fraction of sp³-hybridized carbons (Fsp3) is 0.903. The molecule has 0 aliphatic rings. The third-order valence-electron chi connectivity index (χ3n) is 7.11. The van der Waals surface area contributed by atoms with Gasteiger partial charge in [0.2, 0.25) is 0 Å². The van der Waals surface area contributed by atoms with Crippen molar-refractivity contribution in [3.8, 4) is 0 Å². The molecule has 12 heteroatoms. The number of carbonyl (C=O) groups excluding carboxylic acids is 2. The third-order valence-corrected chi connectivity index (χ3v) is 8.06. The molecular formula is C31H60NO10P. The van der Waals surface area contributed by atoms with Gasteiger partial charge in [-0.3, -0.25) is 23.4 Å². The zero-order valence-corrected chi connectivity index (χ0v) is 27.7. The number of aliphatic carboxylic acids is 1. The Morgan fingerprint density at radius 1 is 0.628 bits per heavy atom. The fourth-order valence-electron chi connectivity index (χ4n) is 4.42. The Morgan fingerprint density at radius 3 is 1.47 bits per heavy atom. The van der Waals surface area contributed by atoms with Gasteiger partial charge >= 0.3 is 25.7 Å². The van der Waals surface area contributed by atoms with Crippen LogP contribution in [0.4, 0.5) is 0 Å². The Kier molecular flexibility index (Phi) is 27.0. The smallest absolute Gasteiger partial charge is 0.472 e. The minimum absolute atomic E-state index is 0.166. The molecule has 0 heterocycles. The van der Waals surface area contributed by atoms with E-state index in [-0.39, 0.29) is 19.4 Å². The number of carboxylic acid groups (broad SMARTS) is 1. The van der Waals surface area contributed by atoms with Gasteiger partial charge in [0, 0.05) is 12.8 Å². The number of carboxylic acids is 1. The molecule has 3 atom stereocenters. The monoisotopic (exact) mass is 637 g/mol. The van der Waals surface area contributed by atoms with Crippen molar-refractivity contribution >= 4 is 25.7 Å². The van der Waals surface area contributed by atoms with Crippen molar-refractivity contribution in [2.45, 2.75) is 161 Å². The second-order valence-corrected chi connectivity index (χ2v) is 12.8. The first-order chi connectivity index (χ1) is 20.6. The van der Waals surface area contributed by atoms with Crippen molar-refractivity contribution in [2.24, 2.45) is 5.73 Å². The lowest BCUT2D eigenvalue weighted by atomic mass is 10.1. The van der Waals surface area contributed by atoms with Gasteiger partial charge in [-0.05, 0) is 12.8 Å². The summed E-state index contributed by atoms with van der Waals surface area (Å²) in [6.07, 6.45) is 20.6. The van der Waals surface area contributed by atoms with Crippen LogP contribution in [0.25, 0.3) is 0 Å². The molecule has 1 unspecified atom stereocenters. The van der Waals surface area contributed by atoms with Gasteiger partial charge in [0.25, 0.3) is 0 Å². The molecule has 11 nitrogen and oxygen atoms in total. The molecule has 0 aromatic rings. The number of phosphoric acid groups is 1. The molecule has 0 radical (unpaired) electrons. The van der Waals surface area contributed by atoms with Crippen LogP contribution in [0, 0.1) is 0 Å². The Labute approximate surface area is 259 Å². The van der Waals surface area contributed by atoms with E-state index >= 15 is 0 Å². The summed E-state index contributed by atoms with van der Waals surface area (Å²) in [5.74, 6) is -2.38.